The van der Waals surface area contributed by atoms with Crippen LogP contribution in [0.2, 0.25) is 0 Å². The Morgan fingerprint density at radius 1 is 0.494 bits per heavy atom. The van der Waals surface area contributed by atoms with E-state index in [2.05, 4.69) is 60.2 Å². The molecule has 29 heteroatoms. The van der Waals surface area contributed by atoms with Crippen molar-refractivity contribution in [2.75, 3.05) is 6.54 Å². The minimum Gasteiger partial charge on any atom is -0.390 e. The van der Waals surface area contributed by atoms with E-state index in [0.717, 1.165) is 22.3 Å². The van der Waals surface area contributed by atoms with Gasteiger partial charge in [-0.2, -0.15) is 0 Å². The van der Waals surface area contributed by atoms with E-state index in [1.54, 1.807) is 6.92 Å². The largest absolute Gasteiger partial charge is 0.390 e. The predicted octanol–water partition coefficient (Wildman–Crippen LogP) is 11.2. The van der Waals surface area contributed by atoms with Gasteiger partial charge in [-0.05, 0) is 74.2 Å². The van der Waals surface area contributed by atoms with Crippen LogP contribution in [0.15, 0.2) is 152 Å². The first-order valence-corrected chi connectivity index (χ1v) is 27.1. The Hall–Kier alpha value is -7.70. The number of ether oxygens (including phenoxy) is 10. The molecule has 1 saturated carbocycles. The van der Waals surface area contributed by atoms with E-state index in [4.69, 9.17) is 47.4 Å². The normalized spacial score (nSPS) is 32.4. The van der Waals surface area contributed by atoms with E-state index in [0.29, 0.717) is 0 Å². The van der Waals surface area contributed by atoms with Crippen LogP contribution in [-0.2, 0) is 73.8 Å². The summed E-state index contributed by atoms with van der Waals surface area (Å²) in [4.78, 5) is 18.5. The molecule has 29 nitrogen and oxygen atoms in total. The van der Waals surface area contributed by atoms with Gasteiger partial charge in [0.1, 0.15) is 36.6 Å². The highest BCUT2D eigenvalue weighted by Crippen LogP contribution is 2.42. The summed E-state index contributed by atoms with van der Waals surface area (Å²) in [5.41, 5.74) is 62.5. The van der Waals surface area contributed by atoms with Crippen LogP contribution in [0.5, 0.6) is 0 Å². The summed E-state index contributed by atoms with van der Waals surface area (Å²) in [6, 6.07) is 31.4. The Morgan fingerprint density at radius 3 is 1.45 bits per heavy atom. The Kier molecular flexibility index (Phi) is 23.0. The van der Waals surface area contributed by atoms with Gasteiger partial charge in [-0.3, -0.25) is 0 Å². The Labute approximate surface area is 476 Å². The van der Waals surface area contributed by atoms with E-state index >= 15 is 0 Å². The number of hydrogen-bond donors (Lipinski definition) is 1. The zero-order chi connectivity index (χ0) is 58.5. The van der Waals surface area contributed by atoms with Crippen LogP contribution in [0.25, 0.3) is 62.7 Å². The molecule has 0 spiro atoms. The molecule has 83 heavy (non-hydrogen) atoms. The van der Waals surface area contributed by atoms with E-state index < -0.39 is 122 Å². The van der Waals surface area contributed by atoms with Crippen molar-refractivity contribution in [1.82, 2.24) is 0 Å². The summed E-state index contributed by atoms with van der Waals surface area (Å²) in [6.45, 7) is 4.83. The Bertz CT molecular complexity index is 2990. The second kappa shape index (κ2) is 31.1. The summed E-state index contributed by atoms with van der Waals surface area (Å²) < 4.78 is 67.8. The van der Waals surface area contributed by atoms with Gasteiger partial charge in [-0.1, -0.05) is 173 Å². The number of benzene rings is 4. The zero-order valence-electron chi connectivity index (χ0n) is 45.6. The Morgan fingerprint density at radius 2 is 0.940 bits per heavy atom. The lowest BCUT2D eigenvalue weighted by Gasteiger charge is -2.49. The van der Waals surface area contributed by atoms with E-state index in [9.17, 15) is 38.3 Å². The lowest BCUT2D eigenvalue weighted by atomic mass is 9.83. The zero-order valence-corrected chi connectivity index (χ0v) is 45.6. The van der Waals surface area contributed by atoms with Crippen molar-refractivity contribution in [1.29, 1.82) is 0 Å². The van der Waals surface area contributed by atoms with E-state index in [-0.39, 0.29) is 45.8 Å². The van der Waals surface area contributed by atoms with Gasteiger partial charge in [0, 0.05) is 29.5 Å². The van der Waals surface area contributed by atoms with Crippen LogP contribution in [0.1, 0.15) is 55.9 Å². The van der Waals surface area contributed by atoms with Crippen LogP contribution in [0.4, 0.5) is 0 Å². The summed E-state index contributed by atoms with van der Waals surface area (Å²) in [5.74, 6) is -0.846. The highest BCUT2D eigenvalue weighted by molar-refractivity contribution is 5.17. The first-order valence-electron chi connectivity index (χ1n) is 27.1. The van der Waals surface area contributed by atoms with E-state index in [1.165, 1.54) is 6.92 Å². The molecule has 1 aliphatic carbocycles. The van der Waals surface area contributed by atoms with Crippen molar-refractivity contribution >= 4 is 0 Å². The van der Waals surface area contributed by atoms with Crippen LogP contribution in [0.3, 0.4) is 0 Å². The maximum Gasteiger partial charge on any atom is 0.187 e. The summed E-state index contributed by atoms with van der Waals surface area (Å²) >= 11 is 0. The Balaban J connectivity index is 1.21. The summed E-state index contributed by atoms with van der Waals surface area (Å²) in [7, 11) is 0. The molecule has 0 bridgehead atoms. The van der Waals surface area contributed by atoms with Gasteiger partial charge in [0.25, 0.3) is 0 Å². The molecular weight excluding hydrogens is 1080 g/mol. The molecule has 4 aromatic rings. The first kappa shape index (κ1) is 61.4. The number of aliphatic hydroxyl groups excluding tert-OH is 1. The van der Waals surface area contributed by atoms with Gasteiger partial charge in [-0.25, -0.2) is 0 Å². The molecule has 0 radical (unpaired) electrons. The fraction of sp³-hybridized carbons (Fsp3) is 0.556. The predicted molar refractivity (Wildman–Crippen MR) is 295 cm³/mol. The fourth-order valence-corrected chi connectivity index (χ4v) is 10.8. The quantitative estimate of drug-likeness (QED) is 0.0332. The molecule has 4 aromatic carbocycles. The molecule has 1 N–H and O–H groups in total. The van der Waals surface area contributed by atoms with Crippen molar-refractivity contribution in [2.45, 2.75) is 176 Å². The van der Waals surface area contributed by atoms with Crippen molar-refractivity contribution in [3.05, 3.63) is 206 Å². The van der Waals surface area contributed by atoms with Gasteiger partial charge in [-0.15, -0.1) is 0 Å². The molecular formula is C54H64N18O11. The maximum atomic E-state index is 11.5. The highest BCUT2D eigenvalue weighted by atomic mass is 16.8. The standard InChI is InChI=1S/C54H64N18O11/c1-4-39-48(82-53-42(66-72-60)49(76-29-35-21-13-7-14-22-35)47(40(79-53)26-61-67-55)75-28-34-19-11-6-12-20-34)51(77-30-36-23-15-8-16-24-36)54(78-39)83-50-45(74-27-33-17-9-5-10-18-33)37(63-69-57)25-38(64-70-58)46(50)81-52-41(65-71-59)31(2)43(73)44(80-52)32(3)62-68-56/h5-24,31-32,37-54,73H,4,25-30H2,1-3H3/t31-,32?,37-,38?,39-,40?,41?,42?,43+,44?,45?,46-,47-,48+,49+,50-,51?,52-,53-,54+/m1/s1. The fourth-order valence-electron chi connectivity index (χ4n) is 10.8. The summed E-state index contributed by atoms with van der Waals surface area (Å²) in [5, 5.41) is 35.6. The van der Waals surface area contributed by atoms with Gasteiger partial charge in [0.2, 0.25) is 0 Å². The van der Waals surface area contributed by atoms with Crippen molar-refractivity contribution in [3.8, 4) is 0 Å². The molecule has 3 heterocycles. The first-order chi connectivity index (χ1) is 40.6. The van der Waals surface area contributed by atoms with Crippen LogP contribution >= 0.6 is 0 Å². The molecule has 4 fully saturated rings. The minimum atomic E-state index is -1.50. The topological polar surface area (TPSA) is 405 Å². The molecule has 436 valence electrons. The smallest absolute Gasteiger partial charge is 0.187 e. The summed E-state index contributed by atoms with van der Waals surface area (Å²) in [6.07, 6.45) is -17.1. The molecule has 4 aliphatic rings. The monoisotopic (exact) mass is 1140 g/mol. The molecule has 0 aromatic heterocycles. The number of hydrogen-bond acceptors (Lipinski definition) is 17. The molecule has 20 atom stereocenters. The molecule has 0 amide bonds. The molecule has 8 unspecified atom stereocenters. The number of aliphatic hydroxyl groups is 1. The van der Waals surface area contributed by atoms with Crippen molar-refractivity contribution in [3.63, 3.8) is 0 Å². The number of rotatable bonds is 27. The van der Waals surface area contributed by atoms with Crippen molar-refractivity contribution in [2.24, 2.45) is 36.6 Å². The van der Waals surface area contributed by atoms with Crippen molar-refractivity contribution < 1.29 is 52.5 Å². The third-order valence-electron chi connectivity index (χ3n) is 15.0. The van der Waals surface area contributed by atoms with Gasteiger partial charge in [0.05, 0.1) is 93.8 Å². The minimum absolute atomic E-state index is 0.0238. The van der Waals surface area contributed by atoms with Crippen LogP contribution in [-0.4, -0.2) is 128 Å². The second-order valence-electron chi connectivity index (χ2n) is 20.2. The van der Waals surface area contributed by atoms with Gasteiger partial charge in [0.15, 0.2) is 18.9 Å². The molecule has 3 saturated heterocycles. The van der Waals surface area contributed by atoms with Crippen LogP contribution in [0, 0.1) is 5.92 Å². The van der Waals surface area contributed by atoms with E-state index in [1.807, 2.05) is 128 Å². The average Bonchev–Trinajstić information content (AvgIpc) is 4.07. The molecule has 8 rings (SSSR count). The maximum absolute atomic E-state index is 11.5. The second-order valence-corrected chi connectivity index (χ2v) is 20.2. The van der Waals surface area contributed by atoms with Gasteiger partial charge >= 0.3 is 0 Å². The third kappa shape index (κ3) is 15.7. The number of nitrogens with zero attached hydrogens (tertiary/aromatic N) is 18. The SMILES string of the molecule is CC[C@H]1O[C@@H](O[C@@H]2C(OCc3ccccc3)[C@H](N=[N+]=[N-])CC(N=[N+]=[N-])[C@H]2O[C@H]2OC(C(C)N=[N+]=[N-])[C@@H](O)[C@H](C)C2N=[N+]=[N-])C(OCc2ccccc2)[C@H]1O[C@H]1OC(CN=[N+]=[N-])[C@@H](OCc2ccccc2)[C@@H](OCc2ccccc2)C1N=[N+]=[N-]. The lowest BCUT2D eigenvalue weighted by molar-refractivity contribution is -0.309. The number of azide groups is 6. The lowest BCUT2D eigenvalue weighted by Crippen LogP contribution is -2.63. The third-order valence-corrected chi connectivity index (χ3v) is 15.0. The highest BCUT2D eigenvalue weighted by Gasteiger charge is 2.57. The average molecular weight is 1140 g/mol. The molecule has 3 aliphatic heterocycles. The van der Waals surface area contributed by atoms with Crippen LogP contribution < -0.4 is 0 Å². The van der Waals surface area contributed by atoms with Gasteiger partial charge < -0.3 is 52.5 Å².